The van der Waals surface area contributed by atoms with Crippen LogP contribution in [0.3, 0.4) is 0 Å². The predicted octanol–water partition coefficient (Wildman–Crippen LogP) is 4.82. The summed E-state index contributed by atoms with van der Waals surface area (Å²) in [7, 11) is 0. The Morgan fingerprint density at radius 2 is 1.50 bits per heavy atom. The van der Waals surface area contributed by atoms with E-state index in [0.29, 0.717) is 6.61 Å². The molecule has 0 spiro atoms. The van der Waals surface area contributed by atoms with Crippen LogP contribution >= 0.6 is 0 Å². The summed E-state index contributed by atoms with van der Waals surface area (Å²) in [5, 5.41) is 3.21. The van der Waals surface area contributed by atoms with Crippen molar-refractivity contribution in [3.63, 3.8) is 0 Å². The van der Waals surface area contributed by atoms with E-state index >= 15 is 0 Å². The monoisotopic (exact) mass is 432 g/mol. The molecule has 1 atom stereocenters. The van der Waals surface area contributed by atoms with E-state index < -0.39 is 0 Å². The fraction of sp³-hybridized carbons (Fsp3) is 0.296. The molecule has 1 aliphatic rings. The minimum absolute atomic E-state index is 0.0204. The third-order valence-corrected chi connectivity index (χ3v) is 6.00. The number of halogens is 1. The maximum Gasteiger partial charge on any atom is 0.223 e. The van der Waals surface area contributed by atoms with Gasteiger partial charge in [-0.3, -0.25) is 9.69 Å². The Labute approximate surface area is 189 Å². The van der Waals surface area contributed by atoms with Gasteiger partial charge in [0.25, 0.3) is 0 Å². The first-order chi connectivity index (χ1) is 15.7. The number of hydrogen-bond donors (Lipinski definition) is 1. The smallest absolute Gasteiger partial charge is 0.223 e. The minimum Gasteiger partial charge on any atom is -0.492 e. The number of nitrogens with zero attached hydrogens (tertiary/aromatic N) is 1. The Bertz CT molecular complexity index is 972. The van der Waals surface area contributed by atoms with Crippen molar-refractivity contribution < 1.29 is 13.9 Å². The molecule has 1 heterocycles. The Balaban J connectivity index is 1.31. The molecule has 1 fully saturated rings. The molecule has 1 saturated heterocycles. The molecule has 32 heavy (non-hydrogen) atoms. The fourth-order valence-corrected chi connectivity index (χ4v) is 4.15. The first-order valence-electron chi connectivity index (χ1n) is 11.2. The second-order valence-electron chi connectivity index (χ2n) is 8.18. The number of nitrogens with one attached hydrogen (secondary N) is 1. The van der Waals surface area contributed by atoms with Crippen LogP contribution in [0.1, 0.15) is 30.0 Å². The van der Waals surface area contributed by atoms with Crippen LogP contribution in [0.5, 0.6) is 5.75 Å². The standard InChI is InChI=1S/C27H29FN2O2/c28-24-13-11-22(12-14-24)26(21-7-3-1-4-8-21)29-27(31)23-15-17-30(18-16-23)19-20-32-25-9-5-2-6-10-25/h1-14,23,26H,15-20H2,(H,29,31)/t26-/m1/s1. The third-order valence-electron chi connectivity index (χ3n) is 6.00. The van der Waals surface area contributed by atoms with E-state index in [9.17, 15) is 9.18 Å². The first kappa shape index (κ1) is 22.0. The highest BCUT2D eigenvalue weighted by Gasteiger charge is 2.27. The number of hydrogen-bond acceptors (Lipinski definition) is 3. The lowest BCUT2D eigenvalue weighted by atomic mass is 9.93. The van der Waals surface area contributed by atoms with Crippen molar-refractivity contribution in [2.45, 2.75) is 18.9 Å². The number of carbonyl (C=O) groups excluding carboxylic acids is 1. The molecule has 1 aliphatic heterocycles. The molecule has 166 valence electrons. The van der Waals surface area contributed by atoms with E-state index in [0.717, 1.165) is 49.4 Å². The van der Waals surface area contributed by atoms with Crippen molar-refractivity contribution >= 4 is 5.91 Å². The second kappa shape index (κ2) is 10.9. The van der Waals surface area contributed by atoms with E-state index in [-0.39, 0.29) is 23.7 Å². The lowest BCUT2D eigenvalue weighted by molar-refractivity contribution is -0.127. The predicted molar refractivity (Wildman–Crippen MR) is 124 cm³/mol. The normalized spacial score (nSPS) is 15.8. The van der Waals surface area contributed by atoms with E-state index in [4.69, 9.17) is 4.74 Å². The van der Waals surface area contributed by atoms with Gasteiger partial charge in [-0.25, -0.2) is 4.39 Å². The van der Waals surface area contributed by atoms with Gasteiger partial charge in [0.05, 0.1) is 6.04 Å². The second-order valence-corrected chi connectivity index (χ2v) is 8.18. The van der Waals surface area contributed by atoms with Crippen molar-refractivity contribution in [2.75, 3.05) is 26.2 Å². The van der Waals surface area contributed by atoms with Gasteiger partial charge in [0.2, 0.25) is 5.91 Å². The van der Waals surface area contributed by atoms with Crippen molar-refractivity contribution in [3.05, 3.63) is 102 Å². The number of likely N-dealkylation sites (tertiary alicyclic amines) is 1. The lowest BCUT2D eigenvalue weighted by Crippen LogP contribution is -2.42. The van der Waals surface area contributed by atoms with Crippen molar-refractivity contribution in [1.82, 2.24) is 10.2 Å². The molecule has 3 aromatic carbocycles. The molecule has 3 aromatic rings. The van der Waals surface area contributed by atoms with Gasteiger partial charge in [-0.15, -0.1) is 0 Å². The topological polar surface area (TPSA) is 41.6 Å². The Morgan fingerprint density at radius 1 is 0.906 bits per heavy atom. The number of piperidine rings is 1. The van der Waals surface area contributed by atoms with Gasteiger partial charge in [0.15, 0.2) is 0 Å². The Kier molecular flexibility index (Phi) is 7.51. The lowest BCUT2D eigenvalue weighted by Gasteiger charge is -2.32. The van der Waals surface area contributed by atoms with Crippen LogP contribution in [0.4, 0.5) is 4.39 Å². The maximum absolute atomic E-state index is 13.4. The SMILES string of the molecule is O=C(N[C@H](c1ccccc1)c1ccc(F)cc1)C1CCN(CCOc2ccccc2)CC1. The summed E-state index contributed by atoms with van der Waals surface area (Å²) in [6.07, 6.45) is 1.64. The third kappa shape index (κ3) is 5.95. The number of amides is 1. The number of rotatable bonds is 8. The summed E-state index contributed by atoms with van der Waals surface area (Å²) in [6, 6.07) is 25.7. The van der Waals surface area contributed by atoms with Gasteiger partial charge in [0.1, 0.15) is 18.2 Å². The van der Waals surface area contributed by atoms with Crippen LogP contribution in [0, 0.1) is 11.7 Å². The van der Waals surface area contributed by atoms with Crippen LogP contribution < -0.4 is 10.1 Å². The van der Waals surface area contributed by atoms with Crippen molar-refractivity contribution in [3.8, 4) is 5.75 Å². The first-order valence-corrected chi connectivity index (χ1v) is 11.2. The van der Waals surface area contributed by atoms with Gasteiger partial charge in [0, 0.05) is 12.5 Å². The molecule has 0 radical (unpaired) electrons. The van der Waals surface area contributed by atoms with Crippen LogP contribution in [0.2, 0.25) is 0 Å². The minimum atomic E-state index is -0.290. The molecule has 0 aliphatic carbocycles. The highest BCUT2D eigenvalue weighted by atomic mass is 19.1. The molecule has 0 bridgehead atoms. The molecule has 1 amide bonds. The van der Waals surface area contributed by atoms with Crippen LogP contribution in [-0.2, 0) is 4.79 Å². The summed E-state index contributed by atoms with van der Waals surface area (Å²) >= 11 is 0. The van der Waals surface area contributed by atoms with Crippen molar-refractivity contribution in [2.24, 2.45) is 5.92 Å². The molecule has 4 nitrogen and oxygen atoms in total. The molecule has 0 unspecified atom stereocenters. The fourth-order valence-electron chi connectivity index (χ4n) is 4.15. The van der Waals surface area contributed by atoms with Crippen LogP contribution in [0.15, 0.2) is 84.9 Å². The largest absolute Gasteiger partial charge is 0.492 e. The average molecular weight is 433 g/mol. The van der Waals surface area contributed by atoms with Crippen LogP contribution in [0.25, 0.3) is 0 Å². The Morgan fingerprint density at radius 3 is 2.16 bits per heavy atom. The Hall–Kier alpha value is -3.18. The van der Waals surface area contributed by atoms with E-state index in [1.807, 2.05) is 60.7 Å². The van der Waals surface area contributed by atoms with Gasteiger partial charge < -0.3 is 10.1 Å². The van der Waals surface area contributed by atoms with Crippen LogP contribution in [-0.4, -0.2) is 37.0 Å². The van der Waals surface area contributed by atoms with Gasteiger partial charge in [-0.05, 0) is 61.3 Å². The summed E-state index contributed by atoms with van der Waals surface area (Å²) < 4.78 is 19.2. The van der Waals surface area contributed by atoms with Gasteiger partial charge in [-0.2, -0.15) is 0 Å². The van der Waals surface area contributed by atoms with E-state index in [2.05, 4.69) is 10.2 Å². The highest BCUT2D eigenvalue weighted by Crippen LogP contribution is 2.25. The van der Waals surface area contributed by atoms with Gasteiger partial charge >= 0.3 is 0 Å². The zero-order chi connectivity index (χ0) is 22.2. The highest BCUT2D eigenvalue weighted by molar-refractivity contribution is 5.79. The number of para-hydroxylation sites is 1. The molecule has 0 saturated carbocycles. The zero-order valence-corrected chi connectivity index (χ0v) is 18.1. The summed E-state index contributed by atoms with van der Waals surface area (Å²) in [6.45, 7) is 3.25. The molecule has 0 aromatic heterocycles. The summed E-state index contributed by atoms with van der Waals surface area (Å²) in [5.74, 6) is 0.640. The quantitative estimate of drug-likeness (QED) is 0.555. The summed E-state index contributed by atoms with van der Waals surface area (Å²) in [4.78, 5) is 15.4. The van der Waals surface area contributed by atoms with Crippen molar-refractivity contribution in [1.29, 1.82) is 0 Å². The molecule has 1 N–H and O–H groups in total. The van der Waals surface area contributed by atoms with Gasteiger partial charge in [-0.1, -0.05) is 60.7 Å². The zero-order valence-electron chi connectivity index (χ0n) is 18.1. The number of carbonyl (C=O) groups is 1. The van der Waals surface area contributed by atoms with E-state index in [1.165, 1.54) is 12.1 Å². The molecule has 4 rings (SSSR count). The molecular weight excluding hydrogens is 403 g/mol. The van der Waals surface area contributed by atoms with E-state index in [1.54, 1.807) is 12.1 Å². The maximum atomic E-state index is 13.4. The molecular formula is C27H29FN2O2. The summed E-state index contributed by atoms with van der Waals surface area (Å²) in [5.41, 5.74) is 1.87. The average Bonchev–Trinajstić information content (AvgIpc) is 2.85. The molecule has 5 heteroatoms. The number of ether oxygens (including phenoxy) is 1. The number of benzene rings is 3.